The summed E-state index contributed by atoms with van der Waals surface area (Å²) < 4.78 is 25.7. The summed E-state index contributed by atoms with van der Waals surface area (Å²) in [5, 5.41) is 12.6. The van der Waals surface area contributed by atoms with Gasteiger partial charge >= 0.3 is 0 Å². The Bertz CT molecular complexity index is 414. The number of aliphatic hydroxyl groups is 1. The van der Waals surface area contributed by atoms with Crippen LogP contribution in [0.2, 0.25) is 0 Å². The Balaban J connectivity index is 2.66. The first-order valence-electron chi connectivity index (χ1n) is 4.92. The average Bonchev–Trinajstić information content (AvgIpc) is 2.24. The molecule has 1 rings (SSSR count). The highest BCUT2D eigenvalue weighted by molar-refractivity contribution is 5.19. The smallest absolute Gasteiger partial charge is 0.126 e. The van der Waals surface area contributed by atoms with Crippen LogP contribution in [0.15, 0.2) is 23.3 Å². The van der Waals surface area contributed by atoms with E-state index in [2.05, 4.69) is 10.0 Å². The lowest BCUT2D eigenvalue weighted by Crippen LogP contribution is -2.38. The highest BCUT2D eigenvalue weighted by Crippen LogP contribution is 2.10. The number of nitrogens with zero attached hydrogens (tertiary/aromatic N) is 3. The summed E-state index contributed by atoms with van der Waals surface area (Å²) >= 11 is 0. The van der Waals surface area contributed by atoms with E-state index in [0.29, 0.717) is 5.56 Å². The quantitative estimate of drug-likeness (QED) is 0.465. The number of nitrogens with two attached hydrogens (primary N) is 1. The summed E-state index contributed by atoms with van der Waals surface area (Å²) in [6.07, 6.45) is -0.950. The van der Waals surface area contributed by atoms with Crippen molar-refractivity contribution in [2.24, 2.45) is 10.8 Å². The fourth-order valence-corrected chi connectivity index (χ4v) is 1.39. The number of aliphatic hydroxyl groups excluding tert-OH is 1. The number of hydrogen-bond donors (Lipinski definition) is 2. The van der Waals surface area contributed by atoms with Gasteiger partial charge < -0.3 is 10.8 Å². The maximum absolute atomic E-state index is 12.9. The minimum atomic E-state index is -1.04. The third kappa shape index (κ3) is 4.36. The molecule has 92 valence electrons. The predicted octanol–water partition coefficient (Wildman–Crippen LogP) is 1.51. The van der Waals surface area contributed by atoms with Gasteiger partial charge in [0.25, 0.3) is 0 Å². The molecular formula is C10H12F2N4O. The van der Waals surface area contributed by atoms with Gasteiger partial charge in [0.15, 0.2) is 0 Å². The van der Waals surface area contributed by atoms with E-state index >= 15 is 0 Å². The largest absolute Gasteiger partial charge is 0.391 e. The van der Waals surface area contributed by atoms with Gasteiger partial charge in [-0.15, -0.1) is 0 Å². The van der Waals surface area contributed by atoms with Crippen LogP contribution in [0, 0.1) is 11.6 Å². The second kappa shape index (κ2) is 6.15. The van der Waals surface area contributed by atoms with Crippen LogP contribution < -0.4 is 5.73 Å². The van der Waals surface area contributed by atoms with Crippen molar-refractivity contribution >= 4 is 0 Å². The third-order valence-corrected chi connectivity index (χ3v) is 2.22. The summed E-state index contributed by atoms with van der Waals surface area (Å²) in [6.45, 7) is -0.171. The standard InChI is InChI=1S/C10H12F2N4O/c11-7-1-6(2-8(12)4-7)3-9(13)10(17)5-15-16-14/h1-2,4,9-10,17H,3,5,13H2/t9-,10+/m0/s1. The van der Waals surface area contributed by atoms with Crippen LogP contribution in [-0.2, 0) is 6.42 Å². The second-order valence-corrected chi connectivity index (χ2v) is 3.63. The molecule has 0 bridgehead atoms. The Labute approximate surface area is 96.5 Å². The highest BCUT2D eigenvalue weighted by atomic mass is 19.1. The topological polar surface area (TPSA) is 95.0 Å². The molecular weight excluding hydrogens is 230 g/mol. The zero-order valence-electron chi connectivity index (χ0n) is 8.92. The van der Waals surface area contributed by atoms with Crippen molar-refractivity contribution in [3.63, 3.8) is 0 Å². The molecule has 0 aliphatic rings. The highest BCUT2D eigenvalue weighted by Gasteiger charge is 2.15. The van der Waals surface area contributed by atoms with Crippen molar-refractivity contribution in [3.8, 4) is 0 Å². The first kappa shape index (κ1) is 13.4. The monoisotopic (exact) mass is 242 g/mol. The maximum atomic E-state index is 12.9. The van der Waals surface area contributed by atoms with Crippen molar-refractivity contribution in [1.29, 1.82) is 0 Å². The number of benzene rings is 1. The van der Waals surface area contributed by atoms with Gasteiger partial charge in [-0.25, -0.2) is 8.78 Å². The van der Waals surface area contributed by atoms with Gasteiger partial charge in [0, 0.05) is 17.0 Å². The van der Waals surface area contributed by atoms with Crippen LogP contribution in [0.25, 0.3) is 10.4 Å². The molecule has 0 aliphatic carbocycles. The van der Waals surface area contributed by atoms with Crippen molar-refractivity contribution < 1.29 is 13.9 Å². The predicted molar refractivity (Wildman–Crippen MR) is 58.1 cm³/mol. The summed E-state index contributed by atoms with van der Waals surface area (Å²) in [5.41, 5.74) is 14.0. The van der Waals surface area contributed by atoms with E-state index in [9.17, 15) is 13.9 Å². The first-order chi connectivity index (χ1) is 8.02. The fraction of sp³-hybridized carbons (Fsp3) is 0.400. The number of hydrogen-bond acceptors (Lipinski definition) is 3. The molecule has 0 unspecified atom stereocenters. The van der Waals surface area contributed by atoms with Gasteiger partial charge in [0.1, 0.15) is 11.6 Å². The lowest BCUT2D eigenvalue weighted by molar-refractivity contribution is 0.152. The summed E-state index contributed by atoms with van der Waals surface area (Å²) in [7, 11) is 0. The number of azide groups is 1. The molecule has 1 aromatic rings. The van der Waals surface area contributed by atoms with Crippen LogP contribution in [0.5, 0.6) is 0 Å². The van der Waals surface area contributed by atoms with E-state index in [1.165, 1.54) is 0 Å². The van der Waals surface area contributed by atoms with E-state index in [4.69, 9.17) is 11.3 Å². The lowest BCUT2D eigenvalue weighted by atomic mass is 10.0. The van der Waals surface area contributed by atoms with Crippen LogP contribution >= 0.6 is 0 Å². The van der Waals surface area contributed by atoms with Gasteiger partial charge in [-0.1, -0.05) is 5.11 Å². The van der Waals surface area contributed by atoms with Gasteiger partial charge in [-0.2, -0.15) is 0 Å². The SMILES string of the molecule is [N-]=[N+]=NC[C@@H](O)[C@@H](N)Cc1cc(F)cc(F)c1. The molecule has 0 saturated carbocycles. The first-order valence-corrected chi connectivity index (χ1v) is 4.92. The zero-order valence-corrected chi connectivity index (χ0v) is 8.92. The van der Waals surface area contributed by atoms with E-state index in [1.807, 2.05) is 0 Å². The minimum absolute atomic E-state index is 0.0940. The third-order valence-electron chi connectivity index (χ3n) is 2.22. The maximum Gasteiger partial charge on any atom is 0.126 e. The Hall–Kier alpha value is -1.69. The average molecular weight is 242 g/mol. The number of rotatable bonds is 5. The molecule has 0 spiro atoms. The van der Waals surface area contributed by atoms with Crippen LogP contribution in [0.4, 0.5) is 8.78 Å². The second-order valence-electron chi connectivity index (χ2n) is 3.63. The zero-order chi connectivity index (χ0) is 12.8. The molecule has 3 N–H and O–H groups in total. The molecule has 0 amide bonds. The Kier molecular flexibility index (Phi) is 4.84. The van der Waals surface area contributed by atoms with E-state index in [0.717, 1.165) is 18.2 Å². The van der Waals surface area contributed by atoms with Gasteiger partial charge in [0.05, 0.1) is 12.6 Å². The molecule has 0 fully saturated rings. The molecule has 0 aromatic heterocycles. The van der Waals surface area contributed by atoms with Crippen LogP contribution in [0.1, 0.15) is 5.56 Å². The normalized spacial score (nSPS) is 13.9. The Morgan fingerprint density at radius 2 is 1.94 bits per heavy atom. The lowest BCUT2D eigenvalue weighted by Gasteiger charge is -2.16. The fourth-order valence-electron chi connectivity index (χ4n) is 1.39. The van der Waals surface area contributed by atoms with Gasteiger partial charge in [-0.05, 0) is 29.6 Å². The summed E-state index contributed by atoms with van der Waals surface area (Å²) in [4.78, 5) is 2.48. The van der Waals surface area contributed by atoms with Gasteiger partial charge in [0.2, 0.25) is 0 Å². The summed E-state index contributed by atoms with van der Waals surface area (Å²) in [5.74, 6) is -1.39. The Morgan fingerprint density at radius 3 is 2.47 bits per heavy atom. The van der Waals surface area contributed by atoms with Crippen molar-refractivity contribution in [2.75, 3.05) is 6.54 Å². The molecule has 2 atom stereocenters. The summed E-state index contributed by atoms with van der Waals surface area (Å²) in [6, 6.07) is 2.29. The molecule has 7 heteroatoms. The molecule has 1 aromatic carbocycles. The molecule has 0 radical (unpaired) electrons. The van der Waals surface area contributed by atoms with Crippen LogP contribution in [0.3, 0.4) is 0 Å². The molecule has 0 saturated heterocycles. The molecule has 0 heterocycles. The van der Waals surface area contributed by atoms with E-state index in [-0.39, 0.29) is 13.0 Å². The van der Waals surface area contributed by atoms with E-state index < -0.39 is 23.8 Å². The van der Waals surface area contributed by atoms with E-state index in [1.54, 1.807) is 0 Å². The molecule has 17 heavy (non-hydrogen) atoms. The van der Waals surface area contributed by atoms with Crippen molar-refractivity contribution in [2.45, 2.75) is 18.6 Å². The molecule has 0 aliphatic heterocycles. The Morgan fingerprint density at radius 1 is 1.35 bits per heavy atom. The van der Waals surface area contributed by atoms with Gasteiger partial charge in [-0.3, -0.25) is 0 Å². The van der Waals surface area contributed by atoms with Crippen molar-refractivity contribution in [3.05, 3.63) is 45.8 Å². The minimum Gasteiger partial charge on any atom is -0.391 e. The van der Waals surface area contributed by atoms with Crippen LogP contribution in [-0.4, -0.2) is 23.8 Å². The number of halogens is 2. The molecule has 5 nitrogen and oxygen atoms in total. The van der Waals surface area contributed by atoms with Crippen molar-refractivity contribution in [1.82, 2.24) is 0 Å².